The molecule has 2 aliphatic heterocycles. The van der Waals surface area contributed by atoms with Crippen LogP contribution in [0.15, 0.2) is 83.3 Å². The van der Waals surface area contributed by atoms with E-state index in [0.717, 1.165) is 29.7 Å². The summed E-state index contributed by atoms with van der Waals surface area (Å²) in [6, 6.07) is 21.7. The molecule has 5 rings (SSSR count). The van der Waals surface area contributed by atoms with Gasteiger partial charge in [0.1, 0.15) is 5.75 Å². The van der Waals surface area contributed by atoms with Gasteiger partial charge in [-0.15, -0.1) is 0 Å². The van der Waals surface area contributed by atoms with Gasteiger partial charge in [0.25, 0.3) is 5.91 Å². The number of rotatable bonds is 9. The highest BCUT2D eigenvalue weighted by Crippen LogP contribution is 2.32. The van der Waals surface area contributed by atoms with E-state index in [4.69, 9.17) is 14.6 Å². The molecule has 0 aromatic heterocycles. The lowest BCUT2D eigenvalue weighted by Crippen LogP contribution is -2.46. The van der Waals surface area contributed by atoms with Crippen molar-refractivity contribution in [1.29, 1.82) is 0 Å². The smallest absolute Gasteiger partial charge is 0.341 e. The molecule has 0 spiro atoms. The van der Waals surface area contributed by atoms with Crippen molar-refractivity contribution < 1.29 is 32.6 Å². The van der Waals surface area contributed by atoms with Gasteiger partial charge in [-0.2, -0.15) is 0 Å². The van der Waals surface area contributed by atoms with Gasteiger partial charge in [0, 0.05) is 30.5 Å². The van der Waals surface area contributed by atoms with E-state index in [-0.39, 0.29) is 29.0 Å². The van der Waals surface area contributed by atoms with E-state index in [1.165, 1.54) is 0 Å². The number of carbonyl (C=O) groups is 2. The summed E-state index contributed by atoms with van der Waals surface area (Å²) in [6.07, 6.45) is 3.58. The number of anilines is 1. The molecular formula is C32H34N2O7S. The second-order valence-corrected chi connectivity index (χ2v) is 12.6. The van der Waals surface area contributed by atoms with Crippen molar-refractivity contribution in [2.75, 3.05) is 44.2 Å². The Morgan fingerprint density at radius 3 is 2.36 bits per heavy atom. The van der Waals surface area contributed by atoms with Gasteiger partial charge in [0.2, 0.25) is 0 Å². The number of aliphatic carboxylic acids is 1. The Bertz CT molecular complexity index is 1560. The topological polar surface area (TPSA) is 113 Å². The van der Waals surface area contributed by atoms with Crippen molar-refractivity contribution >= 4 is 33.5 Å². The predicted molar refractivity (Wildman–Crippen MR) is 160 cm³/mol. The molecule has 0 atom stereocenters. The predicted octanol–water partition coefficient (Wildman–Crippen LogP) is 4.48. The van der Waals surface area contributed by atoms with Gasteiger partial charge in [-0.1, -0.05) is 36.4 Å². The molecule has 10 heteroatoms. The van der Waals surface area contributed by atoms with Crippen LogP contribution in [0.4, 0.5) is 5.69 Å². The molecule has 2 aliphatic rings. The number of fused-ring (bicyclic) bond motifs is 1. The Morgan fingerprint density at radius 1 is 0.976 bits per heavy atom. The van der Waals surface area contributed by atoms with E-state index in [2.05, 4.69) is 4.90 Å². The molecule has 1 saturated heterocycles. The lowest BCUT2D eigenvalue weighted by Gasteiger charge is -2.35. The van der Waals surface area contributed by atoms with Gasteiger partial charge in [-0.25, -0.2) is 13.2 Å². The number of carbonyl (C=O) groups excluding carboxylic acids is 1. The van der Waals surface area contributed by atoms with Crippen LogP contribution in [0.25, 0.3) is 17.2 Å². The zero-order valence-corrected chi connectivity index (χ0v) is 24.3. The molecule has 0 aliphatic carbocycles. The molecule has 220 valence electrons. The first kappa shape index (κ1) is 29.5. The Morgan fingerprint density at radius 2 is 1.67 bits per heavy atom. The van der Waals surface area contributed by atoms with Gasteiger partial charge in [0.05, 0.1) is 17.3 Å². The molecule has 0 saturated carbocycles. The number of hydrogen-bond acceptors (Lipinski definition) is 7. The van der Waals surface area contributed by atoms with Crippen molar-refractivity contribution in [3.8, 4) is 16.9 Å². The van der Waals surface area contributed by atoms with Crippen molar-refractivity contribution in [2.45, 2.75) is 30.2 Å². The van der Waals surface area contributed by atoms with Crippen LogP contribution in [-0.4, -0.2) is 75.6 Å². The molecule has 1 N–H and O–H groups in total. The summed E-state index contributed by atoms with van der Waals surface area (Å²) >= 11 is 0. The minimum atomic E-state index is -3.62. The molecule has 9 nitrogen and oxygen atoms in total. The number of carboxylic acids is 1. The van der Waals surface area contributed by atoms with Crippen molar-refractivity contribution in [3.63, 3.8) is 0 Å². The standard InChI is InChI=1S/C32H34N2O7S/c1-33(27-13-16-40-17-14-27)22-34(28-5-3-2-4-6-28)32(37)25-15-18-42(38,39)30-12-9-24(19-26(30)20-25)23-7-10-29(11-8-23)41-21-31(35)36/h2-12,19-20,27H,13-18,21-22H2,1H3,(H,35,36). The van der Waals surface area contributed by atoms with E-state index in [1.54, 1.807) is 53.4 Å². The third-order valence-electron chi connectivity index (χ3n) is 7.63. The third-order valence-corrected chi connectivity index (χ3v) is 9.41. The Balaban J connectivity index is 1.46. The first-order valence-electron chi connectivity index (χ1n) is 13.9. The zero-order valence-electron chi connectivity index (χ0n) is 23.4. The number of amides is 1. The van der Waals surface area contributed by atoms with Crippen molar-refractivity contribution in [2.24, 2.45) is 0 Å². The van der Waals surface area contributed by atoms with Gasteiger partial charge in [0.15, 0.2) is 16.4 Å². The number of nitrogens with zero attached hydrogens (tertiary/aromatic N) is 2. The lowest BCUT2D eigenvalue weighted by atomic mass is 10.0. The highest BCUT2D eigenvalue weighted by atomic mass is 32.2. The quantitative estimate of drug-likeness (QED) is 0.363. The second-order valence-electron chi connectivity index (χ2n) is 10.5. The number of hydrogen-bond donors (Lipinski definition) is 1. The van der Waals surface area contributed by atoms with E-state index in [0.29, 0.717) is 36.8 Å². The van der Waals surface area contributed by atoms with Crippen LogP contribution >= 0.6 is 0 Å². The summed E-state index contributed by atoms with van der Waals surface area (Å²) in [4.78, 5) is 29.0. The van der Waals surface area contributed by atoms with Crippen LogP contribution in [0, 0.1) is 0 Å². The molecule has 3 aromatic rings. The fourth-order valence-corrected chi connectivity index (χ4v) is 6.77. The molecule has 1 fully saturated rings. The maximum absolute atomic E-state index is 14.1. The van der Waals surface area contributed by atoms with Gasteiger partial charge in [-0.05, 0) is 85.5 Å². The monoisotopic (exact) mass is 590 g/mol. The molecule has 0 radical (unpaired) electrons. The minimum Gasteiger partial charge on any atom is -0.482 e. The molecule has 2 heterocycles. The second kappa shape index (κ2) is 12.9. The highest BCUT2D eigenvalue weighted by molar-refractivity contribution is 7.91. The van der Waals surface area contributed by atoms with Crippen molar-refractivity contribution in [1.82, 2.24) is 4.90 Å². The van der Waals surface area contributed by atoms with Gasteiger partial charge in [-0.3, -0.25) is 14.6 Å². The maximum atomic E-state index is 14.1. The molecule has 0 unspecified atom stereocenters. The Hall–Kier alpha value is -3.99. The summed E-state index contributed by atoms with van der Waals surface area (Å²) in [7, 11) is -1.61. The summed E-state index contributed by atoms with van der Waals surface area (Å²) in [6.45, 7) is 1.30. The third kappa shape index (κ3) is 6.89. The fraction of sp³-hybridized carbons (Fsp3) is 0.312. The summed E-state index contributed by atoms with van der Waals surface area (Å²) < 4.78 is 37.3. The first-order valence-corrected chi connectivity index (χ1v) is 15.5. The lowest BCUT2D eigenvalue weighted by molar-refractivity contribution is -0.139. The molecule has 1 amide bonds. The van der Waals surface area contributed by atoms with E-state index < -0.39 is 22.4 Å². The highest BCUT2D eigenvalue weighted by Gasteiger charge is 2.29. The van der Waals surface area contributed by atoms with Crippen LogP contribution in [-0.2, 0) is 24.2 Å². The Kier molecular flexibility index (Phi) is 9.06. The van der Waals surface area contributed by atoms with E-state index in [9.17, 15) is 18.0 Å². The van der Waals surface area contributed by atoms with Gasteiger partial charge < -0.3 is 14.6 Å². The fourth-order valence-electron chi connectivity index (χ4n) is 5.30. The zero-order chi connectivity index (χ0) is 29.7. The minimum absolute atomic E-state index is 0.102. The van der Waals surface area contributed by atoms with Gasteiger partial charge >= 0.3 is 5.97 Å². The van der Waals surface area contributed by atoms with Crippen LogP contribution < -0.4 is 9.64 Å². The van der Waals surface area contributed by atoms with Crippen LogP contribution in [0.2, 0.25) is 0 Å². The normalized spacial score (nSPS) is 16.7. The molecule has 3 aromatic carbocycles. The Labute approximate surface area is 245 Å². The summed E-state index contributed by atoms with van der Waals surface area (Å²) in [5.74, 6) is -1.04. The first-order chi connectivity index (χ1) is 20.2. The van der Waals surface area contributed by atoms with Crippen LogP contribution in [0.3, 0.4) is 0 Å². The molecule has 0 bridgehead atoms. The SMILES string of the molecule is CN(CN(C(=O)C1=Cc2cc(-c3ccc(OCC(=O)O)cc3)ccc2S(=O)(=O)CC1)c1ccccc1)C1CCOCC1. The van der Waals surface area contributed by atoms with Crippen LogP contribution in [0.5, 0.6) is 5.75 Å². The number of benzene rings is 3. The van der Waals surface area contributed by atoms with E-state index in [1.807, 2.05) is 37.4 Å². The number of ether oxygens (including phenoxy) is 2. The molecule has 42 heavy (non-hydrogen) atoms. The van der Waals surface area contributed by atoms with Crippen molar-refractivity contribution in [3.05, 3.63) is 83.9 Å². The number of para-hydroxylation sites is 1. The largest absolute Gasteiger partial charge is 0.482 e. The number of sulfone groups is 1. The maximum Gasteiger partial charge on any atom is 0.341 e. The average molecular weight is 591 g/mol. The molecular weight excluding hydrogens is 556 g/mol. The summed E-state index contributed by atoms with van der Waals surface area (Å²) in [5.41, 5.74) is 3.19. The average Bonchev–Trinajstić information content (AvgIpc) is 3.14. The summed E-state index contributed by atoms with van der Waals surface area (Å²) in [5, 5.41) is 8.83. The number of carboxylic acid groups (broad SMARTS) is 1. The van der Waals surface area contributed by atoms with E-state index >= 15 is 0 Å². The van der Waals surface area contributed by atoms with Crippen LogP contribution in [0.1, 0.15) is 24.8 Å².